The third kappa shape index (κ3) is 4.83. The van der Waals surface area contributed by atoms with E-state index in [4.69, 9.17) is 9.97 Å². The average Bonchev–Trinajstić information content (AvgIpc) is 4.02. The molecule has 0 amide bonds. The summed E-state index contributed by atoms with van der Waals surface area (Å²) in [7, 11) is 0. The van der Waals surface area contributed by atoms with Gasteiger partial charge < -0.3 is 0 Å². The molecule has 0 saturated heterocycles. The first-order valence-corrected chi connectivity index (χ1v) is 25.3. The largest absolute Gasteiger partial charge is 0.229 e. The first-order valence-electron chi connectivity index (χ1n) is 25.3. The molecule has 0 bridgehead atoms. The maximum Gasteiger partial charge on any atom is 0.153 e. The number of fused-ring (bicyclic) bond motifs is 22. The van der Waals surface area contributed by atoms with Crippen molar-refractivity contribution in [2.24, 2.45) is 5.92 Å². The average molecular weight is 891 g/mol. The molecule has 2 spiro atoms. The van der Waals surface area contributed by atoms with E-state index in [9.17, 15) is 0 Å². The zero-order chi connectivity index (χ0) is 45.7. The number of aromatic nitrogens is 2. The van der Waals surface area contributed by atoms with E-state index in [0.29, 0.717) is 0 Å². The van der Waals surface area contributed by atoms with Gasteiger partial charge >= 0.3 is 0 Å². The zero-order valence-electron chi connectivity index (χ0n) is 38.7. The van der Waals surface area contributed by atoms with Crippen molar-refractivity contribution in [1.29, 1.82) is 0 Å². The monoisotopic (exact) mass is 890 g/mol. The van der Waals surface area contributed by atoms with Gasteiger partial charge in [0.25, 0.3) is 0 Å². The lowest BCUT2D eigenvalue weighted by Gasteiger charge is -2.50. The fourth-order valence-corrected chi connectivity index (χ4v) is 14.8. The van der Waals surface area contributed by atoms with Crippen LogP contribution >= 0.6 is 0 Å². The smallest absolute Gasteiger partial charge is 0.153 e. The first kappa shape index (κ1) is 38.7. The van der Waals surface area contributed by atoms with Crippen LogP contribution in [0.25, 0.3) is 61.8 Å². The molecule has 1 aromatic heterocycles. The van der Waals surface area contributed by atoms with Crippen LogP contribution in [-0.4, -0.2) is 9.97 Å². The molecule has 2 atom stereocenters. The van der Waals surface area contributed by atoms with Crippen molar-refractivity contribution in [1.82, 2.24) is 9.97 Å². The Morgan fingerprint density at radius 1 is 0.500 bits per heavy atom. The van der Waals surface area contributed by atoms with Crippen LogP contribution in [0.5, 0.6) is 0 Å². The Kier molecular flexibility index (Phi) is 7.85. The number of benzene rings is 8. The molecule has 0 fully saturated rings. The lowest BCUT2D eigenvalue weighted by atomic mass is 9.51. The van der Waals surface area contributed by atoms with Gasteiger partial charge in [-0.2, -0.15) is 0 Å². The van der Waals surface area contributed by atoms with Gasteiger partial charge in [0.2, 0.25) is 0 Å². The van der Waals surface area contributed by atoms with Gasteiger partial charge in [0.15, 0.2) is 5.82 Å². The van der Waals surface area contributed by atoms with E-state index in [1.54, 1.807) is 11.1 Å². The highest BCUT2D eigenvalue weighted by Gasteiger charge is 2.60. The zero-order valence-corrected chi connectivity index (χ0v) is 38.7. The Hall–Kier alpha value is -8.20. The summed E-state index contributed by atoms with van der Waals surface area (Å²) in [5.74, 6) is 0.979. The Balaban J connectivity index is 0.972. The molecule has 0 saturated carbocycles. The highest BCUT2D eigenvalue weighted by molar-refractivity contribution is 6.02. The van der Waals surface area contributed by atoms with E-state index >= 15 is 0 Å². The Morgan fingerprint density at radius 2 is 1.14 bits per heavy atom. The number of rotatable bonds is 2. The van der Waals surface area contributed by atoms with E-state index in [2.05, 4.69) is 218 Å². The maximum absolute atomic E-state index is 5.49. The molecule has 16 rings (SSSR count). The highest BCUT2D eigenvalue weighted by atomic mass is 14.9. The normalized spacial score (nSPS) is 23.1. The second-order valence-electron chi connectivity index (χ2n) is 20.4. The number of hydrogen-bond acceptors (Lipinski definition) is 2. The quantitative estimate of drug-likeness (QED) is 0.173. The lowest BCUT2D eigenvalue weighted by molar-refractivity contribution is 0.585. The van der Waals surface area contributed by atoms with Crippen molar-refractivity contribution in [3.05, 3.63) is 290 Å². The third-order valence-electron chi connectivity index (χ3n) is 17.3. The van der Waals surface area contributed by atoms with Crippen LogP contribution in [0.2, 0.25) is 0 Å². The van der Waals surface area contributed by atoms with Crippen molar-refractivity contribution < 1.29 is 0 Å². The van der Waals surface area contributed by atoms with Gasteiger partial charge in [0, 0.05) is 22.8 Å². The second kappa shape index (κ2) is 14.2. The predicted molar refractivity (Wildman–Crippen MR) is 287 cm³/mol. The van der Waals surface area contributed by atoms with E-state index in [0.717, 1.165) is 53.7 Å². The van der Waals surface area contributed by atoms with E-state index < -0.39 is 5.41 Å². The summed E-state index contributed by atoms with van der Waals surface area (Å²) >= 11 is 0. The third-order valence-corrected chi connectivity index (χ3v) is 17.3. The Morgan fingerprint density at radius 3 is 1.94 bits per heavy atom. The van der Waals surface area contributed by atoms with Crippen molar-refractivity contribution >= 4 is 50.5 Å². The van der Waals surface area contributed by atoms with Crippen molar-refractivity contribution in [2.45, 2.75) is 42.4 Å². The number of nitrogens with zero attached hydrogens (tertiary/aromatic N) is 2. The minimum Gasteiger partial charge on any atom is -0.229 e. The van der Waals surface area contributed by atoms with E-state index in [1.165, 1.54) is 94.3 Å². The Bertz CT molecular complexity index is 3990. The van der Waals surface area contributed by atoms with Gasteiger partial charge in [-0.05, 0) is 149 Å². The lowest BCUT2D eigenvalue weighted by Crippen LogP contribution is -2.45. The number of para-hydroxylation sites is 1. The van der Waals surface area contributed by atoms with Gasteiger partial charge in [0.05, 0.1) is 22.0 Å². The molecular weight excluding hydrogens is 845 g/mol. The van der Waals surface area contributed by atoms with E-state index in [1.807, 2.05) is 0 Å². The maximum atomic E-state index is 5.49. The van der Waals surface area contributed by atoms with Gasteiger partial charge in [-0.25, -0.2) is 9.97 Å². The molecule has 9 aromatic rings. The summed E-state index contributed by atoms with van der Waals surface area (Å²) in [6.45, 7) is 0. The summed E-state index contributed by atoms with van der Waals surface area (Å²) in [5.41, 5.74) is 26.3. The molecule has 0 radical (unpaired) electrons. The van der Waals surface area contributed by atoms with Crippen LogP contribution in [0, 0.1) is 5.92 Å². The van der Waals surface area contributed by atoms with Gasteiger partial charge in [-0.3, -0.25) is 0 Å². The summed E-state index contributed by atoms with van der Waals surface area (Å²) in [5, 5.41) is 3.49. The molecule has 1 heterocycles. The summed E-state index contributed by atoms with van der Waals surface area (Å²) in [6.07, 6.45) is 21.1. The second-order valence-corrected chi connectivity index (χ2v) is 20.4. The molecule has 0 aliphatic heterocycles. The SMILES string of the molecule is C1=CC2=C(CC1)C1(c3ccccc32)c2ccccc2C2(C3=C(C=CCC3)c3c2ccc2c3C3c4ccccc4C=CC3/C2=C\c2nc(-c3ccc4ccccc4c3)c3ccccc3n2)c2ccccc21. The minimum absolute atomic E-state index is 0.109. The molecule has 0 N–H and O–H groups in total. The summed E-state index contributed by atoms with van der Waals surface area (Å²) in [4.78, 5) is 10.8. The molecule has 2 nitrogen and oxygen atoms in total. The van der Waals surface area contributed by atoms with Crippen LogP contribution in [0.1, 0.15) is 104 Å². The highest BCUT2D eigenvalue weighted by Crippen LogP contribution is 2.70. The molecule has 7 aliphatic carbocycles. The summed E-state index contributed by atoms with van der Waals surface area (Å²) < 4.78 is 0. The van der Waals surface area contributed by atoms with Gasteiger partial charge in [0.1, 0.15) is 0 Å². The molecule has 70 heavy (non-hydrogen) atoms. The van der Waals surface area contributed by atoms with Crippen LogP contribution in [0.3, 0.4) is 0 Å². The van der Waals surface area contributed by atoms with Crippen molar-refractivity contribution in [3.8, 4) is 11.3 Å². The minimum atomic E-state index is -0.464. The van der Waals surface area contributed by atoms with Crippen LogP contribution in [-0.2, 0) is 10.8 Å². The van der Waals surface area contributed by atoms with Crippen LogP contribution in [0.4, 0.5) is 0 Å². The standard InChI is InChI=1S/C68H46N2/c1-2-19-43-39-44(34-33-41(43)17-1)66-51-24-8-16-32-61(51)69-62(70-66)40-52-48-36-35-42-18-3-4-20-45(42)63(48)65-49(52)37-38-60-64(65)50-23-7-11-27-55(50)68(60)58-30-14-12-28-56(58)67(57-29-13-15-31-59(57)68)53-25-9-5-21-46(53)47-22-6-10-26-54(47)67/h1-9,12-25,28-40,48,63H,10-11,26-27H2/b52-40+. The van der Waals surface area contributed by atoms with Crippen LogP contribution < -0.4 is 0 Å². The number of allylic oxidation sites excluding steroid dienone is 10. The predicted octanol–water partition coefficient (Wildman–Crippen LogP) is 16.0. The van der Waals surface area contributed by atoms with Gasteiger partial charge in [-0.15, -0.1) is 0 Å². The topological polar surface area (TPSA) is 25.8 Å². The molecule has 2 unspecified atom stereocenters. The van der Waals surface area contributed by atoms with Gasteiger partial charge in [-0.1, -0.05) is 200 Å². The first-order chi connectivity index (χ1) is 34.7. The molecule has 7 aliphatic rings. The Labute approximate surface area is 408 Å². The fourth-order valence-electron chi connectivity index (χ4n) is 14.8. The molecular formula is C68H46N2. The van der Waals surface area contributed by atoms with E-state index in [-0.39, 0.29) is 17.3 Å². The summed E-state index contributed by atoms with van der Waals surface area (Å²) in [6, 6.07) is 66.5. The van der Waals surface area contributed by atoms with Crippen LogP contribution in [0.15, 0.2) is 217 Å². The van der Waals surface area contributed by atoms with Crippen molar-refractivity contribution in [2.75, 3.05) is 0 Å². The van der Waals surface area contributed by atoms with Crippen molar-refractivity contribution in [3.63, 3.8) is 0 Å². The molecule has 2 heteroatoms. The molecule has 8 aromatic carbocycles. The number of hydrogen-bond donors (Lipinski definition) is 0. The fraction of sp³-hybridized carbons (Fsp3) is 0.118. The molecule has 328 valence electrons.